The van der Waals surface area contributed by atoms with Crippen LogP contribution in [0.15, 0.2) is 30.3 Å². The molecule has 1 heterocycles. The number of esters is 1. The van der Waals surface area contributed by atoms with Crippen molar-refractivity contribution in [3.63, 3.8) is 0 Å². The van der Waals surface area contributed by atoms with Crippen molar-refractivity contribution < 1.29 is 19.1 Å². The monoisotopic (exact) mass is 359 g/mol. The minimum absolute atomic E-state index is 0.0725. The molecule has 0 radical (unpaired) electrons. The third kappa shape index (κ3) is 4.15. The normalized spacial score (nSPS) is 21.6. The van der Waals surface area contributed by atoms with E-state index in [0.29, 0.717) is 13.2 Å². The third-order valence-corrected chi connectivity index (χ3v) is 6.02. The number of methoxy groups -OCH3 is 1. The molecule has 0 bridgehead atoms. The fourth-order valence-corrected chi connectivity index (χ4v) is 4.07. The van der Waals surface area contributed by atoms with E-state index in [0.717, 1.165) is 63.6 Å². The summed E-state index contributed by atoms with van der Waals surface area (Å²) in [5.41, 5.74) is 0.298. The zero-order valence-corrected chi connectivity index (χ0v) is 15.6. The number of carbonyl (C=O) groups excluding carboxylic acids is 2. The van der Waals surface area contributed by atoms with E-state index in [1.54, 1.807) is 7.11 Å². The Kier molecular flexibility index (Phi) is 6.09. The fourth-order valence-electron chi connectivity index (χ4n) is 4.07. The van der Waals surface area contributed by atoms with Crippen LogP contribution in [0, 0.1) is 10.8 Å². The SMILES string of the molecule is COCC1(C=O)CCN(CC2(C(=O)OCc3ccccc3)CCC2)CC1. The lowest BCUT2D eigenvalue weighted by molar-refractivity contribution is -0.165. The van der Waals surface area contributed by atoms with Crippen molar-refractivity contribution in [2.75, 3.05) is 33.4 Å². The molecule has 0 amide bonds. The Hall–Kier alpha value is -1.72. The van der Waals surface area contributed by atoms with Crippen LogP contribution in [0.3, 0.4) is 0 Å². The molecule has 2 fully saturated rings. The largest absolute Gasteiger partial charge is 0.460 e. The van der Waals surface area contributed by atoms with Gasteiger partial charge in [-0.15, -0.1) is 0 Å². The molecular weight excluding hydrogens is 330 g/mol. The van der Waals surface area contributed by atoms with Crippen LogP contribution in [-0.4, -0.2) is 50.5 Å². The molecule has 0 aromatic heterocycles. The van der Waals surface area contributed by atoms with Gasteiger partial charge in [0.1, 0.15) is 12.9 Å². The third-order valence-electron chi connectivity index (χ3n) is 6.02. The zero-order chi connectivity index (χ0) is 18.5. The Labute approximate surface area is 155 Å². The Morgan fingerprint density at radius 1 is 1.15 bits per heavy atom. The minimum atomic E-state index is -0.364. The molecule has 142 valence electrons. The molecular formula is C21H29NO4. The number of likely N-dealkylation sites (tertiary alicyclic amines) is 1. The number of hydrogen-bond acceptors (Lipinski definition) is 5. The van der Waals surface area contributed by atoms with Crippen molar-refractivity contribution in [3.05, 3.63) is 35.9 Å². The van der Waals surface area contributed by atoms with Crippen molar-refractivity contribution in [2.45, 2.75) is 38.7 Å². The van der Waals surface area contributed by atoms with Gasteiger partial charge in [0.15, 0.2) is 0 Å². The molecule has 26 heavy (non-hydrogen) atoms. The molecule has 0 unspecified atom stereocenters. The van der Waals surface area contributed by atoms with Gasteiger partial charge in [0.25, 0.3) is 0 Å². The lowest BCUT2D eigenvalue weighted by Crippen LogP contribution is -2.52. The van der Waals surface area contributed by atoms with Crippen molar-refractivity contribution in [2.24, 2.45) is 10.8 Å². The van der Waals surface area contributed by atoms with Gasteiger partial charge in [-0.3, -0.25) is 4.79 Å². The lowest BCUT2D eigenvalue weighted by Gasteiger charge is -2.45. The van der Waals surface area contributed by atoms with E-state index in [-0.39, 0.29) is 16.8 Å². The average Bonchev–Trinajstić information content (AvgIpc) is 2.65. The van der Waals surface area contributed by atoms with Gasteiger partial charge in [0, 0.05) is 13.7 Å². The van der Waals surface area contributed by atoms with E-state index in [9.17, 15) is 9.59 Å². The van der Waals surface area contributed by atoms with E-state index in [4.69, 9.17) is 9.47 Å². The first-order valence-electron chi connectivity index (χ1n) is 9.50. The van der Waals surface area contributed by atoms with Gasteiger partial charge in [0.05, 0.1) is 17.4 Å². The second-order valence-corrected chi connectivity index (χ2v) is 7.88. The highest BCUT2D eigenvalue weighted by molar-refractivity contribution is 5.78. The smallest absolute Gasteiger partial charge is 0.313 e. The molecule has 1 aromatic rings. The summed E-state index contributed by atoms with van der Waals surface area (Å²) in [4.78, 5) is 26.6. The highest BCUT2D eigenvalue weighted by atomic mass is 16.5. The minimum Gasteiger partial charge on any atom is -0.460 e. The number of aldehydes is 1. The van der Waals surface area contributed by atoms with E-state index in [1.807, 2.05) is 30.3 Å². The molecule has 1 aromatic carbocycles. The summed E-state index contributed by atoms with van der Waals surface area (Å²) >= 11 is 0. The molecule has 1 saturated heterocycles. The Morgan fingerprint density at radius 3 is 2.38 bits per heavy atom. The second-order valence-electron chi connectivity index (χ2n) is 7.88. The Morgan fingerprint density at radius 2 is 1.85 bits per heavy atom. The number of ether oxygens (including phenoxy) is 2. The molecule has 3 rings (SSSR count). The van der Waals surface area contributed by atoms with Gasteiger partial charge in [-0.1, -0.05) is 36.8 Å². The van der Waals surface area contributed by atoms with Crippen LogP contribution < -0.4 is 0 Å². The van der Waals surface area contributed by atoms with Crippen LogP contribution in [0.1, 0.15) is 37.7 Å². The summed E-state index contributed by atoms with van der Waals surface area (Å²) in [6.07, 6.45) is 5.51. The maximum atomic E-state index is 12.8. The average molecular weight is 359 g/mol. The Balaban J connectivity index is 1.54. The van der Waals surface area contributed by atoms with Crippen molar-refractivity contribution in [1.29, 1.82) is 0 Å². The topological polar surface area (TPSA) is 55.8 Å². The Bertz CT molecular complexity index is 604. The molecule has 1 aliphatic carbocycles. The number of rotatable bonds is 8. The van der Waals surface area contributed by atoms with Gasteiger partial charge in [-0.25, -0.2) is 0 Å². The summed E-state index contributed by atoms with van der Waals surface area (Å²) in [6.45, 7) is 3.21. The van der Waals surface area contributed by atoms with Crippen molar-refractivity contribution >= 4 is 12.3 Å². The molecule has 2 aliphatic rings. The van der Waals surface area contributed by atoms with E-state index < -0.39 is 0 Å². The predicted octanol–water partition coefficient (Wildman–Crippen LogP) is 2.83. The van der Waals surface area contributed by atoms with Crippen molar-refractivity contribution in [1.82, 2.24) is 4.90 Å². The first-order valence-corrected chi connectivity index (χ1v) is 9.50. The summed E-state index contributed by atoms with van der Waals surface area (Å²) in [5.74, 6) is -0.0725. The molecule has 0 spiro atoms. The summed E-state index contributed by atoms with van der Waals surface area (Å²) in [5, 5.41) is 0. The fraction of sp³-hybridized carbons (Fsp3) is 0.619. The molecule has 5 heteroatoms. The van der Waals surface area contributed by atoms with Crippen LogP contribution in [-0.2, 0) is 25.7 Å². The van der Waals surface area contributed by atoms with Crippen LogP contribution >= 0.6 is 0 Å². The highest BCUT2D eigenvalue weighted by Gasteiger charge is 2.47. The summed E-state index contributed by atoms with van der Waals surface area (Å²) in [7, 11) is 1.64. The molecule has 0 N–H and O–H groups in total. The molecule has 1 saturated carbocycles. The number of nitrogens with zero attached hydrogens (tertiary/aromatic N) is 1. The van der Waals surface area contributed by atoms with Crippen LogP contribution in [0.4, 0.5) is 0 Å². The highest BCUT2D eigenvalue weighted by Crippen LogP contribution is 2.44. The van der Waals surface area contributed by atoms with Crippen LogP contribution in [0.25, 0.3) is 0 Å². The van der Waals surface area contributed by atoms with Gasteiger partial charge in [-0.2, -0.15) is 0 Å². The number of hydrogen-bond donors (Lipinski definition) is 0. The number of piperidine rings is 1. The first-order chi connectivity index (χ1) is 12.6. The van der Waals surface area contributed by atoms with Gasteiger partial charge in [0.2, 0.25) is 0 Å². The van der Waals surface area contributed by atoms with Gasteiger partial charge >= 0.3 is 5.97 Å². The molecule has 1 aliphatic heterocycles. The first kappa shape index (κ1) is 19.1. The molecule has 0 atom stereocenters. The van der Waals surface area contributed by atoms with Crippen LogP contribution in [0.2, 0.25) is 0 Å². The summed E-state index contributed by atoms with van der Waals surface area (Å²) in [6, 6.07) is 9.81. The second kappa shape index (κ2) is 8.31. The van der Waals surface area contributed by atoms with Gasteiger partial charge in [-0.05, 0) is 44.3 Å². The standard InChI is InChI=1S/C21H29NO4/c1-25-17-20(16-23)10-12-22(13-11-20)15-21(8-5-9-21)19(24)26-14-18-6-3-2-4-7-18/h2-4,6-7,16H,5,8-15,17H2,1H3. The van der Waals surface area contributed by atoms with Crippen LogP contribution in [0.5, 0.6) is 0 Å². The lowest BCUT2D eigenvalue weighted by atomic mass is 9.68. The van der Waals surface area contributed by atoms with E-state index in [2.05, 4.69) is 4.90 Å². The number of carbonyl (C=O) groups is 2. The zero-order valence-electron chi connectivity index (χ0n) is 15.6. The van der Waals surface area contributed by atoms with E-state index in [1.165, 1.54) is 0 Å². The van der Waals surface area contributed by atoms with Gasteiger partial charge < -0.3 is 19.2 Å². The number of benzene rings is 1. The van der Waals surface area contributed by atoms with E-state index >= 15 is 0 Å². The quantitative estimate of drug-likeness (QED) is 0.528. The predicted molar refractivity (Wildman–Crippen MR) is 98.6 cm³/mol. The maximum absolute atomic E-state index is 12.8. The molecule has 5 nitrogen and oxygen atoms in total. The summed E-state index contributed by atoms with van der Waals surface area (Å²) < 4.78 is 10.9. The van der Waals surface area contributed by atoms with Crippen molar-refractivity contribution in [3.8, 4) is 0 Å². The maximum Gasteiger partial charge on any atom is 0.313 e.